The Balaban J connectivity index is 0.000000145. The number of benzene rings is 25. The maximum Gasteiger partial charge on any atom is -0.000718 e. The van der Waals surface area contributed by atoms with Crippen LogP contribution in [0.15, 0.2) is 485 Å². The first-order chi connectivity index (χ1) is 64.6. The molecule has 0 amide bonds. The van der Waals surface area contributed by atoms with Crippen molar-refractivity contribution in [2.24, 2.45) is 0 Å². The SMILES string of the molecule is c1ccc(-c2ccc(-c3c4ccccc4c(-c4ccc(-c5ccccc5)cc4-c4ccccc4)c4cc5ccccc5cc34)c(-c3ccccc3)c2)cc1.c1ccc(-c2ccccc2-c2c3c(c(-c4ccccc4)c4ccccc24)-c2ccc4c5ccc6c7c(ccc(c8ccc-3c2c48)c75)-c2c-6c(-c3ccccc3)c3ccccc3c2-c2ccccc2-c2ccccc2)cc1. The molecular weight excluding hydrogens is 1560 g/mol. The lowest BCUT2D eigenvalue weighted by Gasteiger charge is -2.22. The van der Waals surface area contributed by atoms with E-state index < -0.39 is 0 Å². The molecule has 25 aromatic carbocycles. The lowest BCUT2D eigenvalue weighted by molar-refractivity contribution is 1.57. The smallest absolute Gasteiger partial charge is 0.000718 e. The summed E-state index contributed by atoms with van der Waals surface area (Å²) in [4.78, 5) is 0. The summed E-state index contributed by atoms with van der Waals surface area (Å²) in [6.45, 7) is 0. The molecular formula is C130H80. The summed E-state index contributed by atoms with van der Waals surface area (Å²) >= 11 is 0. The Morgan fingerprint density at radius 1 is 0.0846 bits per heavy atom. The zero-order valence-corrected chi connectivity index (χ0v) is 71.2. The van der Waals surface area contributed by atoms with E-state index in [9.17, 15) is 0 Å². The fraction of sp³-hybridized carbons (Fsp3) is 0. The Morgan fingerprint density at radius 3 is 0.623 bits per heavy atom. The van der Waals surface area contributed by atoms with E-state index >= 15 is 0 Å². The number of hydrogen-bond donors (Lipinski definition) is 0. The van der Waals surface area contributed by atoms with Gasteiger partial charge in [0.15, 0.2) is 0 Å². The topological polar surface area (TPSA) is 0 Å². The maximum atomic E-state index is 2.47. The molecule has 0 N–H and O–H groups in total. The van der Waals surface area contributed by atoms with Crippen molar-refractivity contribution in [3.8, 4) is 178 Å². The minimum Gasteiger partial charge on any atom is -0.0622 e. The van der Waals surface area contributed by atoms with Gasteiger partial charge >= 0.3 is 0 Å². The van der Waals surface area contributed by atoms with Crippen LogP contribution < -0.4 is 0 Å². The number of rotatable bonds is 12. The van der Waals surface area contributed by atoms with Crippen LogP contribution in [0.2, 0.25) is 0 Å². The predicted octanol–water partition coefficient (Wildman–Crippen LogP) is 36.5. The summed E-state index contributed by atoms with van der Waals surface area (Å²) in [5.41, 5.74) is 40.2. The highest BCUT2D eigenvalue weighted by atomic mass is 14.4. The second-order valence-corrected chi connectivity index (χ2v) is 34.8. The first-order valence-electron chi connectivity index (χ1n) is 45.3. The van der Waals surface area contributed by atoms with Gasteiger partial charge in [-0.25, -0.2) is 0 Å². The van der Waals surface area contributed by atoms with Crippen LogP contribution in [0.5, 0.6) is 0 Å². The molecule has 0 saturated carbocycles. The molecule has 0 bridgehead atoms. The number of hydrogen-bond acceptors (Lipinski definition) is 0. The monoisotopic (exact) mass is 1640 g/mol. The predicted molar refractivity (Wildman–Crippen MR) is 556 cm³/mol. The van der Waals surface area contributed by atoms with Crippen LogP contribution in [-0.4, -0.2) is 0 Å². The molecule has 0 unspecified atom stereocenters. The quantitative estimate of drug-likeness (QED) is 0.0845. The van der Waals surface area contributed by atoms with E-state index in [1.165, 1.54) is 275 Å². The molecule has 0 radical (unpaired) electrons. The third-order valence-corrected chi connectivity index (χ3v) is 27.9. The molecule has 2 aliphatic rings. The van der Waals surface area contributed by atoms with Crippen molar-refractivity contribution in [2.75, 3.05) is 0 Å². The molecule has 0 fully saturated rings. The van der Waals surface area contributed by atoms with Gasteiger partial charge in [-0.3, -0.25) is 0 Å². The van der Waals surface area contributed by atoms with Gasteiger partial charge in [-0.05, 0) is 299 Å². The molecule has 600 valence electrons. The highest BCUT2D eigenvalue weighted by Gasteiger charge is 2.37. The molecule has 0 atom stereocenters. The first kappa shape index (κ1) is 74.5. The minimum atomic E-state index is 1.20. The Labute approximate surface area is 754 Å². The van der Waals surface area contributed by atoms with Gasteiger partial charge in [0.25, 0.3) is 0 Å². The number of fused-ring (bicyclic) bond motifs is 13. The van der Waals surface area contributed by atoms with Crippen molar-refractivity contribution in [1.82, 2.24) is 0 Å². The fourth-order valence-electron chi connectivity index (χ4n) is 22.5. The summed E-state index contributed by atoms with van der Waals surface area (Å²) in [5.74, 6) is 0. The molecule has 27 rings (SSSR count). The Morgan fingerprint density at radius 2 is 0.308 bits per heavy atom. The van der Waals surface area contributed by atoms with Gasteiger partial charge in [-0.2, -0.15) is 0 Å². The lowest BCUT2D eigenvalue weighted by Crippen LogP contribution is -1.95. The maximum absolute atomic E-state index is 2.47. The van der Waals surface area contributed by atoms with Crippen molar-refractivity contribution in [2.45, 2.75) is 0 Å². The minimum absolute atomic E-state index is 1.20. The average Bonchev–Trinajstić information content (AvgIpc) is 1.50. The molecule has 0 heteroatoms. The van der Waals surface area contributed by atoms with Crippen LogP contribution in [0.4, 0.5) is 0 Å². The van der Waals surface area contributed by atoms with Gasteiger partial charge in [0, 0.05) is 0 Å². The zero-order valence-electron chi connectivity index (χ0n) is 71.2. The van der Waals surface area contributed by atoms with Gasteiger partial charge in [0.1, 0.15) is 0 Å². The van der Waals surface area contributed by atoms with Crippen LogP contribution in [0, 0.1) is 0 Å². The summed E-state index contributed by atoms with van der Waals surface area (Å²) in [5, 5.41) is 23.1. The molecule has 0 spiro atoms. The van der Waals surface area contributed by atoms with Crippen LogP contribution >= 0.6 is 0 Å². The van der Waals surface area contributed by atoms with E-state index in [-0.39, 0.29) is 0 Å². The van der Waals surface area contributed by atoms with E-state index in [0.717, 1.165) is 0 Å². The van der Waals surface area contributed by atoms with Crippen molar-refractivity contribution < 1.29 is 0 Å². The normalized spacial score (nSPS) is 11.8. The molecule has 0 heterocycles. The van der Waals surface area contributed by atoms with E-state index in [0.29, 0.717) is 0 Å². The van der Waals surface area contributed by atoms with Gasteiger partial charge in [-0.1, -0.05) is 461 Å². The standard InChI is InChI=1S/C76H44.C54H36/c1-5-21-45(22-6-1)49-29-13-15-31-51(49)69-55-35-19-17-33-53(55)65(47-25-9-3-10-26-47)73-61-41-37-57-58-38-42-62-72-64(44-40-60(68(58)72)59-39-43-63(75(69)73)71(61)67(57)59)76-70(52-32-16-14-30-50(52)46-23-7-2-8-24-46)56-36-20-18-34-54(56)66(74(62)76)48-27-11-4-12-28-48;1-5-17-37(18-6-1)43-29-31-47(49(33-43)39-21-9-3-10-22-39)53-45-27-15-16-28-46(45)54(52-36-42-26-14-13-25-41(42)35-51(52)53)48-32-30-44(38-19-7-2-8-20-38)34-50(48)40-23-11-4-12-24-40/h1-44H;1-36H. The van der Waals surface area contributed by atoms with Crippen molar-refractivity contribution in [3.05, 3.63) is 485 Å². The second kappa shape index (κ2) is 30.5. The summed E-state index contributed by atoms with van der Waals surface area (Å²) < 4.78 is 0. The fourth-order valence-corrected chi connectivity index (χ4v) is 22.5. The van der Waals surface area contributed by atoms with E-state index in [4.69, 9.17) is 0 Å². The van der Waals surface area contributed by atoms with E-state index in [1.54, 1.807) is 0 Å². The van der Waals surface area contributed by atoms with Crippen molar-refractivity contribution >= 4 is 97.0 Å². The van der Waals surface area contributed by atoms with Crippen LogP contribution in [0.1, 0.15) is 0 Å². The van der Waals surface area contributed by atoms with E-state index in [1.807, 2.05) is 0 Å². The summed E-state index contributed by atoms with van der Waals surface area (Å²) in [7, 11) is 0. The van der Waals surface area contributed by atoms with Crippen LogP contribution in [0.25, 0.3) is 275 Å². The largest absolute Gasteiger partial charge is 0.0622 e. The molecule has 130 heavy (non-hydrogen) atoms. The lowest BCUT2D eigenvalue weighted by atomic mass is 9.80. The summed E-state index contributed by atoms with van der Waals surface area (Å²) in [6, 6.07) is 180. The van der Waals surface area contributed by atoms with Gasteiger partial charge < -0.3 is 0 Å². The van der Waals surface area contributed by atoms with Crippen molar-refractivity contribution in [3.63, 3.8) is 0 Å². The first-order valence-corrected chi connectivity index (χ1v) is 45.3. The zero-order chi connectivity index (χ0) is 85.4. The highest BCUT2D eigenvalue weighted by Crippen LogP contribution is 2.64. The van der Waals surface area contributed by atoms with Gasteiger partial charge in [0.2, 0.25) is 0 Å². The van der Waals surface area contributed by atoms with Crippen LogP contribution in [0.3, 0.4) is 0 Å². The Hall–Kier alpha value is -16.9. The second-order valence-electron chi connectivity index (χ2n) is 34.8. The molecule has 0 aromatic heterocycles. The Kier molecular flexibility index (Phi) is 17.5. The molecule has 0 aliphatic heterocycles. The highest BCUT2D eigenvalue weighted by molar-refractivity contribution is 6.43. The summed E-state index contributed by atoms with van der Waals surface area (Å²) in [6.07, 6.45) is 0. The molecule has 25 aromatic rings. The van der Waals surface area contributed by atoms with Gasteiger partial charge in [-0.15, -0.1) is 0 Å². The van der Waals surface area contributed by atoms with Crippen LogP contribution in [-0.2, 0) is 0 Å². The van der Waals surface area contributed by atoms with Gasteiger partial charge in [0.05, 0.1) is 0 Å². The van der Waals surface area contributed by atoms with E-state index in [2.05, 4.69) is 485 Å². The van der Waals surface area contributed by atoms with Crippen molar-refractivity contribution in [1.29, 1.82) is 0 Å². The molecule has 0 nitrogen and oxygen atoms in total. The average molecular weight is 1640 g/mol. The third-order valence-electron chi connectivity index (χ3n) is 27.9. The third kappa shape index (κ3) is 11.7. The molecule has 0 saturated heterocycles. The molecule has 2 aliphatic carbocycles. The Bertz CT molecular complexity index is 8340.